The standard InChI is InChI=1S/C21H26N4O3/c1-21(2,3)28-20(26)23-13-7-15-27-19-12-11-16(8-6-14-24-25-22)17-9-4-5-10-18(17)19/h4-6,8-12H,7,13-15H2,1-3H3,(H,23,26)/b8-6+. The van der Waals surface area contributed by atoms with Crippen molar-refractivity contribution in [2.24, 2.45) is 5.11 Å². The molecule has 7 heteroatoms. The number of rotatable bonds is 8. The SMILES string of the molecule is CC(C)(C)OC(=O)NCCCOc1ccc(/C=C/CN=[N+]=[N-])c2ccccc12. The van der Waals surface area contributed by atoms with E-state index in [9.17, 15) is 4.79 Å². The third-order valence-electron chi connectivity index (χ3n) is 3.71. The van der Waals surface area contributed by atoms with E-state index in [2.05, 4.69) is 15.3 Å². The van der Waals surface area contributed by atoms with Crippen LogP contribution >= 0.6 is 0 Å². The van der Waals surface area contributed by atoms with E-state index >= 15 is 0 Å². The van der Waals surface area contributed by atoms with Crippen LogP contribution in [-0.2, 0) is 4.74 Å². The molecule has 0 radical (unpaired) electrons. The predicted molar refractivity (Wildman–Crippen MR) is 111 cm³/mol. The molecule has 0 aliphatic carbocycles. The van der Waals surface area contributed by atoms with Gasteiger partial charge in [-0.3, -0.25) is 0 Å². The Balaban J connectivity index is 1.94. The van der Waals surface area contributed by atoms with Crippen LogP contribution in [0.5, 0.6) is 5.75 Å². The molecule has 0 unspecified atom stereocenters. The quantitative estimate of drug-likeness (QED) is 0.284. The minimum atomic E-state index is -0.503. The molecule has 148 valence electrons. The van der Waals surface area contributed by atoms with E-state index in [0.717, 1.165) is 22.1 Å². The molecule has 0 fully saturated rings. The van der Waals surface area contributed by atoms with Crippen LogP contribution in [0.25, 0.3) is 27.3 Å². The van der Waals surface area contributed by atoms with Crippen molar-refractivity contribution in [3.63, 3.8) is 0 Å². The van der Waals surface area contributed by atoms with Gasteiger partial charge < -0.3 is 14.8 Å². The second-order valence-electron chi connectivity index (χ2n) is 7.15. The molecule has 2 aromatic carbocycles. The average molecular weight is 382 g/mol. The number of amides is 1. The van der Waals surface area contributed by atoms with Crippen molar-refractivity contribution in [3.8, 4) is 5.75 Å². The molecule has 7 nitrogen and oxygen atoms in total. The summed E-state index contributed by atoms with van der Waals surface area (Å²) in [5.41, 5.74) is 8.88. The molecule has 1 amide bonds. The summed E-state index contributed by atoms with van der Waals surface area (Å²) in [5, 5.41) is 8.29. The lowest BCUT2D eigenvalue weighted by Gasteiger charge is -2.19. The Hall–Kier alpha value is -3.18. The lowest BCUT2D eigenvalue weighted by Crippen LogP contribution is -2.33. The van der Waals surface area contributed by atoms with Gasteiger partial charge in [-0.15, -0.1) is 0 Å². The zero-order valence-corrected chi connectivity index (χ0v) is 16.5. The fourth-order valence-electron chi connectivity index (χ4n) is 2.59. The Morgan fingerprint density at radius 3 is 2.68 bits per heavy atom. The van der Waals surface area contributed by atoms with Gasteiger partial charge in [0.25, 0.3) is 0 Å². The number of fused-ring (bicyclic) bond motifs is 1. The minimum absolute atomic E-state index is 0.313. The molecule has 0 aromatic heterocycles. The summed E-state index contributed by atoms with van der Waals surface area (Å²) >= 11 is 0. The Kier molecular flexibility index (Phi) is 7.72. The van der Waals surface area contributed by atoms with Gasteiger partial charge in [-0.2, -0.15) is 0 Å². The van der Waals surface area contributed by atoms with Gasteiger partial charge in [0, 0.05) is 23.4 Å². The van der Waals surface area contributed by atoms with E-state index in [-0.39, 0.29) is 0 Å². The van der Waals surface area contributed by atoms with Gasteiger partial charge in [-0.05, 0) is 49.7 Å². The molecule has 1 N–H and O–H groups in total. The highest BCUT2D eigenvalue weighted by molar-refractivity contribution is 5.94. The first-order chi connectivity index (χ1) is 13.4. The molecule has 0 aliphatic heterocycles. The fourth-order valence-corrected chi connectivity index (χ4v) is 2.59. The number of carbonyl (C=O) groups is 1. The van der Waals surface area contributed by atoms with Crippen molar-refractivity contribution in [3.05, 3.63) is 58.5 Å². The normalized spacial score (nSPS) is 11.2. The summed E-state index contributed by atoms with van der Waals surface area (Å²) in [4.78, 5) is 14.4. The first-order valence-corrected chi connectivity index (χ1v) is 9.19. The van der Waals surface area contributed by atoms with Crippen LogP contribution in [-0.4, -0.2) is 31.4 Å². The van der Waals surface area contributed by atoms with Crippen LogP contribution in [0.1, 0.15) is 32.8 Å². The molecule has 0 bridgehead atoms. The number of ether oxygens (including phenoxy) is 2. The molecule has 0 saturated heterocycles. The van der Waals surface area contributed by atoms with Crippen LogP contribution in [0, 0.1) is 0 Å². The van der Waals surface area contributed by atoms with Crippen LogP contribution in [0.15, 0.2) is 47.6 Å². The number of carbonyl (C=O) groups excluding carboxylic acids is 1. The highest BCUT2D eigenvalue weighted by Gasteiger charge is 2.15. The van der Waals surface area contributed by atoms with Crippen LogP contribution in [0.3, 0.4) is 0 Å². The molecule has 0 atom stereocenters. The topological polar surface area (TPSA) is 96.3 Å². The fraction of sp³-hybridized carbons (Fsp3) is 0.381. The highest BCUT2D eigenvalue weighted by atomic mass is 16.6. The van der Waals surface area contributed by atoms with Crippen molar-refractivity contribution in [1.82, 2.24) is 5.32 Å². The van der Waals surface area contributed by atoms with Crippen molar-refractivity contribution < 1.29 is 14.3 Å². The number of hydrogen-bond acceptors (Lipinski definition) is 4. The Bertz CT molecular complexity index is 881. The monoisotopic (exact) mass is 382 g/mol. The Morgan fingerprint density at radius 2 is 1.96 bits per heavy atom. The average Bonchev–Trinajstić information content (AvgIpc) is 2.64. The Labute approximate surface area is 165 Å². The van der Waals surface area contributed by atoms with Crippen molar-refractivity contribution in [1.29, 1.82) is 0 Å². The molecule has 28 heavy (non-hydrogen) atoms. The number of azide groups is 1. The number of benzene rings is 2. The molecule has 0 aliphatic rings. The number of nitrogens with zero attached hydrogens (tertiary/aromatic N) is 3. The minimum Gasteiger partial charge on any atom is -0.493 e. The summed E-state index contributed by atoms with van der Waals surface area (Å²) in [6.07, 6.45) is 4.01. The maximum atomic E-state index is 11.6. The van der Waals surface area contributed by atoms with Crippen LogP contribution < -0.4 is 10.1 Å². The highest BCUT2D eigenvalue weighted by Crippen LogP contribution is 2.29. The van der Waals surface area contributed by atoms with E-state index in [1.807, 2.05) is 69.3 Å². The van der Waals surface area contributed by atoms with Gasteiger partial charge in [0.2, 0.25) is 0 Å². The third-order valence-corrected chi connectivity index (χ3v) is 3.71. The summed E-state index contributed by atoms with van der Waals surface area (Å²) in [5.74, 6) is 0.792. The van der Waals surface area contributed by atoms with Crippen molar-refractivity contribution in [2.45, 2.75) is 32.8 Å². The van der Waals surface area contributed by atoms with Gasteiger partial charge in [-0.25, -0.2) is 4.79 Å². The van der Waals surface area contributed by atoms with Gasteiger partial charge in [0.15, 0.2) is 0 Å². The zero-order chi connectivity index (χ0) is 20.4. The van der Waals surface area contributed by atoms with Gasteiger partial charge in [0.1, 0.15) is 11.4 Å². The first kappa shape index (κ1) is 21.1. The number of alkyl carbamates (subject to hydrolysis) is 1. The maximum Gasteiger partial charge on any atom is 0.407 e. The van der Waals surface area contributed by atoms with E-state index < -0.39 is 11.7 Å². The van der Waals surface area contributed by atoms with Gasteiger partial charge in [-0.1, -0.05) is 47.6 Å². The lowest BCUT2D eigenvalue weighted by molar-refractivity contribution is 0.0525. The molecule has 0 spiro atoms. The molecule has 2 rings (SSSR count). The third kappa shape index (κ3) is 6.85. The van der Waals surface area contributed by atoms with Crippen molar-refractivity contribution in [2.75, 3.05) is 19.7 Å². The van der Waals surface area contributed by atoms with E-state index in [4.69, 9.17) is 15.0 Å². The molecule has 0 saturated carbocycles. The van der Waals surface area contributed by atoms with Gasteiger partial charge >= 0.3 is 6.09 Å². The van der Waals surface area contributed by atoms with Crippen LogP contribution in [0.2, 0.25) is 0 Å². The zero-order valence-electron chi connectivity index (χ0n) is 16.5. The summed E-state index contributed by atoms with van der Waals surface area (Å²) in [7, 11) is 0. The van der Waals surface area contributed by atoms with E-state index in [1.54, 1.807) is 0 Å². The smallest absolute Gasteiger partial charge is 0.407 e. The second-order valence-corrected chi connectivity index (χ2v) is 7.15. The summed E-state index contributed by atoms with van der Waals surface area (Å²) in [6, 6.07) is 11.9. The number of nitrogens with one attached hydrogen (secondary N) is 1. The van der Waals surface area contributed by atoms with E-state index in [1.165, 1.54) is 0 Å². The predicted octanol–water partition coefficient (Wildman–Crippen LogP) is 5.46. The first-order valence-electron chi connectivity index (χ1n) is 9.19. The Morgan fingerprint density at radius 1 is 1.21 bits per heavy atom. The second kappa shape index (κ2) is 10.2. The molecular weight excluding hydrogens is 356 g/mol. The van der Waals surface area contributed by atoms with Gasteiger partial charge in [0.05, 0.1) is 6.61 Å². The number of hydrogen-bond donors (Lipinski definition) is 1. The van der Waals surface area contributed by atoms with Crippen molar-refractivity contribution >= 4 is 22.9 Å². The summed E-state index contributed by atoms with van der Waals surface area (Å²) in [6.45, 7) is 6.76. The summed E-state index contributed by atoms with van der Waals surface area (Å²) < 4.78 is 11.1. The van der Waals surface area contributed by atoms with Crippen LogP contribution in [0.4, 0.5) is 4.79 Å². The molecular formula is C21H26N4O3. The lowest BCUT2D eigenvalue weighted by atomic mass is 10.0. The maximum absolute atomic E-state index is 11.6. The molecule has 0 heterocycles. The molecule has 2 aromatic rings. The largest absolute Gasteiger partial charge is 0.493 e. The van der Waals surface area contributed by atoms with E-state index in [0.29, 0.717) is 26.1 Å².